The summed E-state index contributed by atoms with van der Waals surface area (Å²) in [5, 5.41) is 19.1. The van der Waals surface area contributed by atoms with E-state index in [1.54, 1.807) is 36.4 Å². The number of phenolic OH excluding ortho intramolecular Hbond substituents is 2. The second-order valence-electron chi connectivity index (χ2n) is 3.78. The Kier molecular flexibility index (Phi) is 3.86. The third-order valence-electron chi connectivity index (χ3n) is 2.52. The highest BCUT2D eigenvalue weighted by molar-refractivity contribution is 5.85. The monoisotopic (exact) mass is 251 g/mol. The van der Waals surface area contributed by atoms with Crippen LogP contribution in [0.4, 0.5) is 5.69 Å². The lowest BCUT2D eigenvalue weighted by molar-refractivity contribution is 0.473. The number of aromatic hydroxyl groups is 2. The van der Waals surface area contributed by atoms with Crippen LogP contribution in [0.15, 0.2) is 36.4 Å². The highest BCUT2D eigenvalue weighted by Gasteiger charge is 2.07. The van der Waals surface area contributed by atoms with Gasteiger partial charge in [-0.1, -0.05) is 6.07 Å². The third kappa shape index (κ3) is 2.63. The van der Waals surface area contributed by atoms with Gasteiger partial charge in [0.2, 0.25) is 0 Å². The van der Waals surface area contributed by atoms with E-state index in [1.165, 1.54) is 0 Å². The van der Waals surface area contributed by atoms with Gasteiger partial charge in [0.15, 0.2) is 0 Å². The van der Waals surface area contributed by atoms with E-state index in [-0.39, 0.29) is 23.9 Å². The van der Waals surface area contributed by atoms with Crippen molar-refractivity contribution in [1.82, 2.24) is 0 Å². The molecule has 90 valence electrons. The van der Waals surface area contributed by atoms with Crippen LogP contribution in [0.5, 0.6) is 11.5 Å². The number of nitrogens with two attached hydrogens (primary N) is 1. The molecule has 0 atom stereocenters. The van der Waals surface area contributed by atoms with Crippen LogP contribution in [-0.4, -0.2) is 10.2 Å². The van der Waals surface area contributed by atoms with Crippen molar-refractivity contribution in [2.75, 3.05) is 5.73 Å². The molecule has 4 N–H and O–H groups in total. The van der Waals surface area contributed by atoms with Gasteiger partial charge in [-0.25, -0.2) is 0 Å². The van der Waals surface area contributed by atoms with E-state index in [0.29, 0.717) is 11.3 Å². The summed E-state index contributed by atoms with van der Waals surface area (Å²) >= 11 is 0. The molecule has 0 radical (unpaired) electrons. The first kappa shape index (κ1) is 13.2. The topological polar surface area (TPSA) is 66.5 Å². The molecule has 17 heavy (non-hydrogen) atoms. The summed E-state index contributed by atoms with van der Waals surface area (Å²) in [6, 6.07) is 9.93. The maximum absolute atomic E-state index is 9.76. The van der Waals surface area contributed by atoms with Gasteiger partial charge in [0, 0.05) is 11.3 Å². The van der Waals surface area contributed by atoms with Gasteiger partial charge in [-0.2, -0.15) is 0 Å². The predicted octanol–water partition coefficient (Wildman–Crippen LogP) is 3.08. The first-order valence-electron chi connectivity index (χ1n) is 4.96. The lowest BCUT2D eigenvalue weighted by atomic mass is 9.99. The Balaban J connectivity index is 0.00000144. The predicted molar refractivity (Wildman–Crippen MR) is 71.6 cm³/mol. The standard InChI is InChI=1S/C13H13NO2.ClH/c1-8-6-10(15)3-4-11(8)12-7-9(14)2-5-13(12)16;/h2-7,15-16H,14H2,1H3;1H. The normalized spacial score (nSPS) is 9.71. The van der Waals surface area contributed by atoms with E-state index in [9.17, 15) is 10.2 Å². The fourth-order valence-corrected chi connectivity index (χ4v) is 1.72. The molecule has 0 amide bonds. The fraction of sp³-hybridized carbons (Fsp3) is 0.0769. The lowest BCUT2D eigenvalue weighted by Crippen LogP contribution is -1.88. The fourth-order valence-electron chi connectivity index (χ4n) is 1.72. The summed E-state index contributed by atoms with van der Waals surface area (Å²) in [5.74, 6) is 0.396. The SMILES string of the molecule is Cc1cc(O)ccc1-c1cc(N)ccc1O.Cl. The molecule has 0 aliphatic heterocycles. The molecule has 3 nitrogen and oxygen atoms in total. The van der Waals surface area contributed by atoms with Gasteiger partial charge in [0.25, 0.3) is 0 Å². The number of halogens is 1. The second-order valence-corrected chi connectivity index (χ2v) is 3.78. The Hall–Kier alpha value is -1.87. The van der Waals surface area contributed by atoms with E-state index >= 15 is 0 Å². The Morgan fingerprint density at radius 2 is 1.65 bits per heavy atom. The molecule has 0 fully saturated rings. The molecule has 2 aromatic carbocycles. The van der Waals surface area contributed by atoms with Crippen molar-refractivity contribution in [3.05, 3.63) is 42.0 Å². The number of benzene rings is 2. The van der Waals surface area contributed by atoms with Crippen molar-refractivity contribution in [3.63, 3.8) is 0 Å². The lowest BCUT2D eigenvalue weighted by Gasteiger charge is -2.09. The van der Waals surface area contributed by atoms with Crippen LogP contribution in [0.2, 0.25) is 0 Å². The molecule has 0 saturated carbocycles. The van der Waals surface area contributed by atoms with E-state index in [1.807, 2.05) is 6.92 Å². The number of aryl methyl sites for hydroxylation is 1. The highest BCUT2D eigenvalue weighted by atomic mass is 35.5. The minimum atomic E-state index is 0. The van der Waals surface area contributed by atoms with Gasteiger partial charge < -0.3 is 15.9 Å². The van der Waals surface area contributed by atoms with E-state index in [4.69, 9.17) is 5.73 Å². The van der Waals surface area contributed by atoms with E-state index in [2.05, 4.69) is 0 Å². The molecule has 0 aliphatic rings. The van der Waals surface area contributed by atoms with Gasteiger partial charge in [-0.05, 0) is 48.4 Å². The molecule has 0 bridgehead atoms. The molecule has 0 heterocycles. The van der Waals surface area contributed by atoms with Crippen LogP contribution in [0, 0.1) is 6.92 Å². The van der Waals surface area contributed by atoms with Crippen molar-refractivity contribution in [2.45, 2.75) is 6.92 Å². The second kappa shape index (κ2) is 4.97. The van der Waals surface area contributed by atoms with Crippen molar-refractivity contribution < 1.29 is 10.2 Å². The van der Waals surface area contributed by atoms with Gasteiger partial charge >= 0.3 is 0 Å². The quantitative estimate of drug-likeness (QED) is 0.539. The van der Waals surface area contributed by atoms with Gasteiger partial charge in [-0.15, -0.1) is 12.4 Å². The van der Waals surface area contributed by atoms with E-state index in [0.717, 1.165) is 11.1 Å². The number of nitrogen functional groups attached to an aromatic ring is 1. The number of rotatable bonds is 1. The summed E-state index contributed by atoms with van der Waals surface area (Å²) in [6.45, 7) is 1.87. The van der Waals surface area contributed by atoms with Crippen LogP contribution in [0.3, 0.4) is 0 Å². The largest absolute Gasteiger partial charge is 0.508 e. The average Bonchev–Trinajstić information content (AvgIpc) is 2.22. The Morgan fingerprint density at radius 3 is 2.29 bits per heavy atom. The Bertz CT molecular complexity index is 541. The van der Waals surface area contributed by atoms with Crippen LogP contribution in [0.25, 0.3) is 11.1 Å². The highest BCUT2D eigenvalue weighted by Crippen LogP contribution is 2.34. The number of hydrogen-bond donors (Lipinski definition) is 3. The minimum absolute atomic E-state index is 0. The number of hydrogen-bond acceptors (Lipinski definition) is 3. The molecular weight excluding hydrogens is 238 g/mol. The van der Waals surface area contributed by atoms with Crippen molar-refractivity contribution in [2.24, 2.45) is 0 Å². The van der Waals surface area contributed by atoms with Crippen molar-refractivity contribution in [1.29, 1.82) is 0 Å². The molecule has 0 unspecified atom stereocenters. The number of anilines is 1. The Morgan fingerprint density at radius 1 is 0.941 bits per heavy atom. The van der Waals surface area contributed by atoms with Gasteiger partial charge in [-0.3, -0.25) is 0 Å². The average molecular weight is 252 g/mol. The molecular formula is C13H14ClNO2. The molecule has 0 spiro atoms. The van der Waals surface area contributed by atoms with Crippen LogP contribution < -0.4 is 5.73 Å². The molecule has 0 aromatic heterocycles. The molecule has 2 rings (SSSR count). The summed E-state index contributed by atoms with van der Waals surface area (Å²) in [6.07, 6.45) is 0. The first-order valence-corrected chi connectivity index (χ1v) is 4.96. The third-order valence-corrected chi connectivity index (χ3v) is 2.52. The molecule has 4 heteroatoms. The van der Waals surface area contributed by atoms with Crippen molar-refractivity contribution in [3.8, 4) is 22.6 Å². The summed E-state index contributed by atoms with van der Waals surface area (Å²) in [5.41, 5.74) is 8.71. The zero-order chi connectivity index (χ0) is 11.7. The maximum atomic E-state index is 9.76. The van der Waals surface area contributed by atoms with Crippen molar-refractivity contribution >= 4 is 18.1 Å². The summed E-state index contributed by atoms with van der Waals surface area (Å²) < 4.78 is 0. The zero-order valence-electron chi connectivity index (χ0n) is 9.34. The maximum Gasteiger partial charge on any atom is 0.123 e. The van der Waals surface area contributed by atoms with Gasteiger partial charge in [0.1, 0.15) is 11.5 Å². The smallest absolute Gasteiger partial charge is 0.123 e. The molecule has 0 aliphatic carbocycles. The van der Waals surface area contributed by atoms with Gasteiger partial charge in [0.05, 0.1) is 0 Å². The number of phenols is 2. The summed E-state index contributed by atoms with van der Waals surface area (Å²) in [7, 11) is 0. The zero-order valence-corrected chi connectivity index (χ0v) is 10.2. The Labute approximate surface area is 106 Å². The van der Waals surface area contributed by atoms with Crippen LogP contribution in [0.1, 0.15) is 5.56 Å². The van der Waals surface area contributed by atoms with Crippen LogP contribution >= 0.6 is 12.4 Å². The molecule has 2 aromatic rings. The van der Waals surface area contributed by atoms with Crippen LogP contribution in [-0.2, 0) is 0 Å². The first-order chi connectivity index (χ1) is 7.58. The molecule has 0 saturated heterocycles. The van der Waals surface area contributed by atoms with E-state index < -0.39 is 0 Å². The minimum Gasteiger partial charge on any atom is -0.508 e. The summed E-state index contributed by atoms with van der Waals surface area (Å²) in [4.78, 5) is 0.